The van der Waals surface area contributed by atoms with E-state index in [-0.39, 0.29) is 0 Å². The van der Waals surface area contributed by atoms with E-state index in [1.807, 2.05) is 31.2 Å². The molecule has 3 heteroatoms. The molecule has 0 spiro atoms. The Morgan fingerprint density at radius 2 is 2.00 bits per heavy atom. The van der Waals surface area contributed by atoms with Crippen LogP contribution in [0.3, 0.4) is 0 Å². The summed E-state index contributed by atoms with van der Waals surface area (Å²) < 4.78 is 5.02. The predicted octanol–water partition coefficient (Wildman–Crippen LogP) is 2.07. The van der Waals surface area contributed by atoms with Crippen molar-refractivity contribution in [2.75, 3.05) is 13.7 Å². The first-order valence-electron chi connectivity index (χ1n) is 4.16. The largest absolute Gasteiger partial charge is 0.497 e. The van der Waals surface area contributed by atoms with Crippen molar-refractivity contribution in [2.45, 2.75) is 6.92 Å². The Hall–Kier alpha value is -1.51. The van der Waals surface area contributed by atoms with Crippen LogP contribution in [0, 0.1) is 0 Å². The third-order valence-corrected chi connectivity index (χ3v) is 1.52. The lowest BCUT2D eigenvalue weighted by atomic mass is 10.2. The summed E-state index contributed by atoms with van der Waals surface area (Å²) in [6.45, 7) is 2.48. The van der Waals surface area contributed by atoms with Gasteiger partial charge < -0.3 is 9.57 Å². The molecule has 0 aromatic heterocycles. The summed E-state index contributed by atoms with van der Waals surface area (Å²) >= 11 is 0. The third-order valence-electron chi connectivity index (χ3n) is 1.52. The van der Waals surface area contributed by atoms with Crippen LogP contribution in [0.1, 0.15) is 12.5 Å². The average molecular weight is 179 g/mol. The zero-order chi connectivity index (χ0) is 9.52. The lowest BCUT2D eigenvalue weighted by molar-refractivity contribution is 0.160. The normalized spacial score (nSPS) is 10.3. The van der Waals surface area contributed by atoms with Gasteiger partial charge in [-0.25, -0.2) is 0 Å². The summed E-state index contributed by atoms with van der Waals surface area (Å²) in [5.41, 5.74) is 0.995. The fourth-order valence-electron chi connectivity index (χ4n) is 0.863. The summed E-state index contributed by atoms with van der Waals surface area (Å²) in [6, 6.07) is 7.60. The van der Waals surface area contributed by atoms with Gasteiger partial charge in [-0.15, -0.1) is 0 Å². The number of methoxy groups -OCH3 is 1. The zero-order valence-corrected chi connectivity index (χ0v) is 7.86. The van der Waals surface area contributed by atoms with E-state index in [1.54, 1.807) is 13.3 Å². The Morgan fingerprint density at radius 1 is 1.31 bits per heavy atom. The molecule has 0 heterocycles. The molecule has 0 aliphatic rings. The van der Waals surface area contributed by atoms with E-state index in [0.717, 1.165) is 11.3 Å². The SMILES string of the molecule is CCO/N=C/c1ccc(OC)cc1. The highest BCUT2D eigenvalue weighted by Crippen LogP contribution is 2.09. The van der Waals surface area contributed by atoms with Crippen LogP contribution in [0.2, 0.25) is 0 Å². The first-order chi connectivity index (χ1) is 6.36. The number of benzene rings is 1. The Balaban J connectivity index is 2.58. The second-order valence-electron chi connectivity index (χ2n) is 2.43. The fraction of sp³-hybridized carbons (Fsp3) is 0.300. The molecule has 0 fully saturated rings. The highest BCUT2D eigenvalue weighted by molar-refractivity contribution is 5.79. The van der Waals surface area contributed by atoms with E-state index in [2.05, 4.69) is 5.16 Å². The molecule has 0 saturated carbocycles. The molecule has 1 aromatic rings. The molecule has 0 N–H and O–H groups in total. The van der Waals surface area contributed by atoms with Gasteiger partial charge in [-0.05, 0) is 36.8 Å². The van der Waals surface area contributed by atoms with E-state index in [1.165, 1.54) is 0 Å². The minimum Gasteiger partial charge on any atom is -0.497 e. The molecular formula is C10H13NO2. The molecule has 0 radical (unpaired) electrons. The smallest absolute Gasteiger partial charge is 0.118 e. The maximum atomic E-state index is 5.02. The number of hydrogen-bond donors (Lipinski definition) is 0. The highest BCUT2D eigenvalue weighted by atomic mass is 16.6. The summed E-state index contributed by atoms with van der Waals surface area (Å²) in [5.74, 6) is 0.841. The molecule has 0 aliphatic carbocycles. The van der Waals surface area contributed by atoms with E-state index in [4.69, 9.17) is 9.57 Å². The molecule has 0 bridgehead atoms. The lowest BCUT2D eigenvalue weighted by Crippen LogP contribution is -1.86. The van der Waals surface area contributed by atoms with Gasteiger partial charge in [0.1, 0.15) is 12.4 Å². The van der Waals surface area contributed by atoms with Gasteiger partial charge in [0.15, 0.2) is 0 Å². The number of hydrogen-bond acceptors (Lipinski definition) is 3. The summed E-state index contributed by atoms with van der Waals surface area (Å²) in [7, 11) is 1.64. The lowest BCUT2D eigenvalue weighted by Gasteiger charge is -1.98. The Labute approximate surface area is 78.0 Å². The van der Waals surface area contributed by atoms with Gasteiger partial charge in [0.05, 0.1) is 13.3 Å². The van der Waals surface area contributed by atoms with E-state index < -0.39 is 0 Å². The molecule has 0 aliphatic heterocycles. The molecule has 0 saturated heterocycles. The standard InChI is InChI=1S/C10H13NO2/c1-3-13-11-8-9-4-6-10(12-2)7-5-9/h4-8H,3H2,1-2H3/b11-8+. The minimum absolute atomic E-state index is 0.590. The van der Waals surface area contributed by atoms with Crippen molar-refractivity contribution in [3.8, 4) is 5.75 Å². The second kappa shape index (κ2) is 5.19. The van der Waals surface area contributed by atoms with Crippen LogP contribution in [-0.2, 0) is 4.84 Å². The highest BCUT2D eigenvalue weighted by Gasteiger charge is 1.89. The predicted molar refractivity (Wildman–Crippen MR) is 52.2 cm³/mol. The minimum atomic E-state index is 0.590. The van der Waals surface area contributed by atoms with Crippen molar-refractivity contribution >= 4 is 6.21 Å². The molecule has 13 heavy (non-hydrogen) atoms. The van der Waals surface area contributed by atoms with Gasteiger partial charge in [0.2, 0.25) is 0 Å². The molecule has 1 rings (SSSR count). The molecule has 3 nitrogen and oxygen atoms in total. The van der Waals surface area contributed by atoms with Crippen LogP contribution in [0.5, 0.6) is 5.75 Å². The van der Waals surface area contributed by atoms with Gasteiger partial charge in [0, 0.05) is 0 Å². The molecule has 0 atom stereocenters. The zero-order valence-electron chi connectivity index (χ0n) is 7.86. The van der Waals surface area contributed by atoms with Crippen molar-refractivity contribution < 1.29 is 9.57 Å². The third kappa shape index (κ3) is 3.15. The Bertz CT molecular complexity index is 267. The van der Waals surface area contributed by atoms with Gasteiger partial charge in [0.25, 0.3) is 0 Å². The molecule has 1 aromatic carbocycles. The number of oxime groups is 1. The van der Waals surface area contributed by atoms with Crippen LogP contribution in [0.15, 0.2) is 29.4 Å². The monoisotopic (exact) mass is 179 g/mol. The number of nitrogens with zero attached hydrogens (tertiary/aromatic N) is 1. The maximum absolute atomic E-state index is 5.02. The van der Waals surface area contributed by atoms with Gasteiger partial charge in [-0.2, -0.15) is 0 Å². The van der Waals surface area contributed by atoms with Crippen molar-refractivity contribution in [3.63, 3.8) is 0 Å². The molecular weight excluding hydrogens is 166 g/mol. The molecule has 0 amide bonds. The van der Waals surface area contributed by atoms with Gasteiger partial charge in [-0.1, -0.05) is 5.16 Å². The van der Waals surface area contributed by atoms with Crippen molar-refractivity contribution in [3.05, 3.63) is 29.8 Å². The first kappa shape index (κ1) is 9.58. The van der Waals surface area contributed by atoms with Gasteiger partial charge >= 0.3 is 0 Å². The summed E-state index contributed by atoms with van der Waals surface area (Å²) in [6.07, 6.45) is 1.67. The quantitative estimate of drug-likeness (QED) is 0.523. The van der Waals surface area contributed by atoms with Crippen LogP contribution in [0.4, 0.5) is 0 Å². The van der Waals surface area contributed by atoms with Crippen LogP contribution in [0.25, 0.3) is 0 Å². The van der Waals surface area contributed by atoms with Crippen molar-refractivity contribution in [2.24, 2.45) is 5.16 Å². The van der Waals surface area contributed by atoms with Crippen molar-refractivity contribution in [1.29, 1.82) is 0 Å². The van der Waals surface area contributed by atoms with E-state index >= 15 is 0 Å². The fourth-order valence-corrected chi connectivity index (χ4v) is 0.863. The van der Waals surface area contributed by atoms with Crippen LogP contribution >= 0.6 is 0 Å². The Kier molecular flexibility index (Phi) is 3.82. The number of ether oxygens (including phenoxy) is 1. The van der Waals surface area contributed by atoms with E-state index in [0.29, 0.717) is 6.61 Å². The second-order valence-corrected chi connectivity index (χ2v) is 2.43. The van der Waals surface area contributed by atoms with Crippen LogP contribution < -0.4 is 4.74 Å². The number of rotatable bonds is 4. The van der Waals surface area contributed by atoms with E-state index in [9.17, 15) is 0 Å². The van der Waals surface area contributed by atoms with Crippen molar-refractivity contribution in [1.82, 2.24) is 0 Å². The molecule has 70 valence electrons. The Morgan fingerprint density at radius 3 is 2.54 bits per heavy atom. The summed E-state index contributed by atoms with van der Waals surface area (Å²) in [4.78, 5) is 4.83. The topological polar surface area (TPSA) is 30.8 Å². The molecule has 0 unspecified atom stereocenters. The van der Waals surface area contributed by atoms with Gasteiger partial charge in [-0.3, -0.25) is 0 Å². The van der Waals surface area contributed by atoms with Crippen LogP contribution in [-0.4, -0.2) is 19.9 Å². The average Bonchev–Trinajstić information content (AvgIpc) is 2.19. The summed E-state index contributed by atoms with van der Waals surface area (Å²) in [5, 5.41) is 3.75. The first-order valence-corrected chi connectivity index (χ1v) is 4.16. The maximum Gasteiger partial charge on any atom is 0.118 e.